The number of rotatable bonds is 6. The van der Waals surface area contributed by atoms with E-state index in [9.17, 15) is 14.4 Å². The highest BCUT2D eigenvalue weighted by Crippen LogP contribution is 2.34. The van der Waals surface area contributed by atoms with Crippen molar-refractivity contribution in [2.75, 3.05) is 12.0 Å². The molecule has 1 heterocycles. The smallest absolute Gasteiger partial charge is 0.335 e. The largest absolute Gasteiger partial charge is 0.496 e. The quantitative estimate of drug-likeness (QED) is 0.303. The molecule has 3 aromatic carbocycles. The minimum atomic E-state index is -0.782. The number of anilines is 1. The molecule has 1 fully saturated rings. The van der Waals surface area contributed by atoms with Crippen LogP contribution in [0.3, 0.4) is 0 Å². The molecule has 0 saturated carbocycles. The highest BCUT2D eigenvalue weighted by molar-refractivity contribution is 9.10. The van der Waals surface area contributed by atoms with E-state index in [1.165, 1.54) is 6.08 Å². The number of nitrogens with one attached hydrogen (secondary N) is 1. The number of urea groups is 1. The van der Waals surface area contributed by atoms with E-state index in [1.54, 1.807) is 31.4 Å². The second kappa shape index (κ2) is 10.5. The van der Waals surface area contributed by atoms with Crippen LogP contribution >= 0.6 is 27.5 Å². The zero-order valence-corrected chi connectivity index (χ0v) is 21.4. The van der Waals surface area contributed by atoms with Crippen LogP contribution in [0.2, 0.25) is 5.02 Å². The molecule has 0 bridgehead atoms. The van der Waals surface area contributed by atoms with Gasteiger partial charge in [0.2, 0.25) is 0 Å². The Bertz CT molecular complexity index is 1350. The van der Waals surface area contributed by atoms with Gasteiger partial charge in [-0.05, 0) is 59.5 Å². The molecule has 4 rings (SSSR count). The summed E-state index contributed by atoms with van der Waals surface area (Å²) in [5, 5.41) is 2.90. The number of imide groups is 2. The van der Waals surface area contributed by atoms with Gasteiger partial charge in [0, 0.05) is 21.5 Å². The third kappa shape index (κ3) is 5.16. The van der Waals surface area contributed by atoms with E-state index in [0.717, 1.165) is 32.5 Å². The lowest BCUT2D eigenvalue weighted by molar-refractivity contribution is -0.122. The van der Waals surface area contributed by atoms with E-state index in [0.29, 0.717) is 28.4 Å². The molecule has 1 saturated heterocycles. The summed E-state index contributed by atoms with van der Waals surface area (Å²) in [6.45, 7) is 2.01. The van der Waals surface area contributed by atoms with Crippen LogP contribution in [0.15, 0.2) is 70.7 Å². The van der Waals surface area contributed by atoms with Gasteiger partial charge in [-0.3, -0.25) is 14.9 Å². The van der Waals surface area contributed by atoms with Gasteiger partial charge in [-0.25, -0.2) is 9.69 Å². The highest BCUT2D eigenvalue weighted by atomic mass is 79.9. The van der Waals surface area contributed by atoms with Gasteiger partial charge < -0.3 is 4.74 Å². The van der Waals surface area contributed by atoms with Crippen LogP contribution in [-0.2, 0) is 22.4 Å². The first-order valence-corrected chi connectivity index (χ1v) is 12.1. The van der Waals surface area contributed by atoms with Gasteiger partial charge in [-0.15, -0.1) is 0 Å². The maximum Gasteiger partial charge on any atom is 0.335 e. The van der Waals surface area contributed by atoms with Gasteiger partial charge in [-0.1, -0.05) is 64.8 Å². The first kappa shape index (κ1) is 24.7. The van der Waals surface area contributed by atoms with Gasteiger partial charge in [0.25, 0.3) is 11.8 Å². The Morgan fingerprint density at radius 1 is 1.06 bits per heavy atom. The summed E-state index contributed by atoms with van der Waals surface area (Å²) in [6.07, 6.45) is 2.80. The molecule has 3 aromatic rings. The number of methoxy groups -OCH3 is 1. The third-order valence-electron chi connectivity index (χ3n) is 5.74. The molecule has 0 aliphatic carbocycles. The summed E-state index contributed by atoms with van der Waals surface area (Å²) in [6, 6.07) is 17.3. The summed E-state index contributed by atoms with van der Waals surface area (Å²) in [5.74, 6) is -0.882. The lowest BCUT2D eigenvalue weighted by atomic mass is 10.0. The Balaban J connectivity index is 1.69. The molecule has 0 radical (unpaired) electrons. The van der Waals surface area contributed by atoms with Crippen molar-refractivity contribution in [1.29, 1.82) is 0 Å². The number of halogens is 2. The Kier molecular flexibility index (Phi) is 7.38. The third-order valence-corrected chi connectivity index (χ3v) is 6.81. The van der Waals surface area contributed by atoms with Gasteiger partial charge in [0.1, 0.15) is 11.3 Å². The SMILES string of the molecule is CCc1ccc(N2C(=O)NC(=O)/C(=C\c3cc(Br)c(Cc4ccccc4Cl)c(OC)c3)C2=O)cc1. The Morgan fingerprint density at radius 2 is 1.77 bits per heavy atom. The number of carbonyl (C=O) groups excluding carboxylic acids is 3. The fourth-order valence-corrected chi connectivity index (χ4v) is 4.64. The van der Waals surface area contributed by atoms with E-state index in [-0.39, 0.29) is 5.57 Å². The molecule has 1 N–H and O–H groups in total. The number of barbiturate groups is 1. The summed E-state index contributed by atoms with van der Waals surface area (Å²) in [4.78, 5) is 39.2. The Hall–Kier alpha value is -3.42. The van der Waals surface area contributed by atoms with Crippen LogP contribution in [-0.4, -0.2) is 25.0 Å². The van der Waals surface area contributed by atoms with Gasteiger partial charge >= 0.3 is 6.03 Å². The standard InChI is InChI=1S/C27H22BrClN2O4/c1-3-16-8-10-19(11-9-16)31-26(33)21(25(32)30-27(31)34)12-17-13-22(28)20(24(14-17)35-2)15-18-6-4-5-7-23(18)29/h4-14H,3,15H2,1-2H3,(H,30,32,34)/b21-12+. The molecule has 1 aliphatic rings. The van der Waals surface area contributed by atoms with E-state index >= 15 is 0 Å². The molecule has 0 aromatic heterocycles. The van der Waals surface area contributed by atoms with Crippen LogP contribution < -0.4 is 15.0 Å². The fraction of sp³-hybridized carbons (Fsp3) is 0.148. The van der Waals surface area contributed by atoms with E-state index in [2.05, 4.69) is 21.2 Å². The van der Waals surface area contributed by atoms with Crippen LogP contribution in [0.4, 0.5) is 10.5 Å². The minimum absolute atomic E-state index is 0.156. The summed E-state index contributed by atoms with van der Waals surface area (Å²) >= 11 is 9.91. The summed E-state index contributed by atoms with van der Waals surface area (Å²) in [5.41, 5.74) is 3.67. The number of benzene rings is 3. The maximum atomic E-state index is 13.2. The van der Waals surface area contributed by atoms with Crippen LogP contribution in [0.1, 0.15) is 29.2 Å². The Labute approximate surface area is 216 Å². The number of hydrogen-bond acceptors (Lipinski definition) is 4. The van der Waals surface area contributed by atoms with Crippen molar-refractivity contribution in [2.45, 2.75) is 19.8 Å². The molecule has 8 heteroatoms. The molecule has 0 spiro atoms. The van der Waals surface area contributed by atoms with Crippen LogP contribution in [0, 0.1) is 0 Å². The molecular weight excluding hydrogens is 532 g/mol. The van der Waals surface area contributed by atoms with Gasteiger partial charge in [0.15, 0.2) is 0 Å². The number of hydrogen-bond donors (Lipinski definition) is 1. The van der Waals surface area contributed by atoms with Crippen molar-refractivity contribution in [1.82, 2.24) is 5.32 Å². The van der Waals surface area contributed by atoms with Gasteiger partial charge in [-0.2, -0.15) is 0 Å². The molecule has 4 amide bonds. The monoisotopic (exact) mass is 552 g/mol. The van der Waals surface area contributed by atoms with Crippen LogP contribution in [0.5, 0.6) is 5.75 Å². The number of carbonyl (C=O) groups is 3. The predicted octanol–water partition coefficient (Wildman–Crippen LogP) is 5.93. The van der Waals surface area contributed by atoms with Gasteiger partial charge in [0.05, 0.1) is 12.8 Å². The van der Waals surface area contributed by atoms with Crippen LogP contribution in [0.25, 0.3) is 6.08 Å². The number of nitrogens with zero attached hydrogens (tertiary/aromatic N) is 1. The van der Waals surface area contributed by atoms with E-state index in [4.69, 9.17) is 16.3 Å². The predicted molar refractivity (Wildman–Crippen MR) is 140 cm³/mol. The summed E-state index contributed by atoms with van der Waals surface area (Å²) in [7, 11) is 1.55. The van der Waals surface area contributed by atoms with Crippen molar-refractivity contribution >= 4 is 57.1 Å². The average molecular weight is 554 g/mol. The molecule has 0 atom stereocenters. The van der Waals surface area contributed by atoms with Crippen molar-refractivity contribution in [2.24, 2.45) is 0 Å². The molecule has 0 unspecified atom stereocenters. The molecule has 6 nitrogen and oxygen atoms in total. The topological polar surface area (TPSA) is 75.7 Å². The van der Waals surface area contributed by atoms with Crippen molar-refractivity contribution < 1.29 is 19.1 Å². The molecule has 1 aliphatic heterocycles. The normalized spacial score (nSPS) is 14.9. The average Bonchev–Trinajstić information content (AvgIpc) is 2.84. The maximum absolute atomic E-state index is 13.2. The number of ether oxygens (including phenoxy) is 1. The van der Waals surface area contributed by atoms with Crippen molar-refractivity contribution in [3.8, 4) is 5.75 Å². The lowest BCUT2D eigenvalue weighted by Gasteiger charge is -2.26. The minimum Gasteiger partial charge on any atom is -0.496 e. The first-order valence-electron chi connectivity index (χ1n) is 10.9. The number of amides is 4. The molecular formula is C27H22BrClN2O4. The van der Waals surface area contributed by atoms with Crippen molar-refractivity contribution in [3.05, 3.63) is 98.0 Å². The highest BCUT2D eigenvalue weighted by Gasteiger charge is 2.36. The zero-order valence-electron chi connectivity index (χ0n) is 19.1. The first-order chi connectivity index (χ1) is 16.8. The van der Waals surface area contributed by atoms with E-state index in [1.807, 2.05) is 43.3 Å². The van der Waals surface area contributed by atoms with Crippen molar-refractivity contribution in [3.63, 3.8) is 0 Å². The number of aryl methyl sites for hydroxylation is 1. The Morgan fingerprint density at radius 3 is 2.43 bits per heavy atom. The fourth-order valence-electron chi connectivity index (χ4n) is 3.84. The second-order valence-corrected chi connectivity index (χ2v) is 9.19. The second-order valence-electron chi connectivity index (χ2n) is 7.93. The summed E-state index contributed by atoms with van der Waals surface area (Å²) < 4.78 is 6.33. The lowest BCUT2D eigenvalue weighted by Crippen LogP contribution is -2.54. The molecule has 35 heavy (non-hydrogen) atoms. The van der Waals surface area contributed by atoms with E-state index < -0.39 is 17.8 Å². The molecule has 178 valence electrons. The zero-order chi connectivity index (χ0) is 25.1.